The molecule has 24 nitrogen and oxygen atoms in total. The van der Waals surface area contributed by atoms with Crippen molar-refractivity contribution in [3.8, 4) is 0 Å². The molecule has 34 heavy (non-hydrogen) atoms. The van der Waals surface area contributed by atoms with Crippen molar-refractivity contribution in [3.05, 3.63) is 0 Å². The minimum Gasteiger partial charge on any atom is 5.00 e. The first-order valence-corrected chi connectivity index (χ1v) is 25.9. The van der Waals surface area contributed by atoms with E-state index in [1.807, 2.05) is 0 Å². The van der Waals surface area contributed by atoms with Crippen LogP contribution < -0.4 is 28.9 Å². The summed E-state index contributed by atoms with van der Waals surface area (Å²) in [5.41, 5.74) is 0. The third-order valence-corrected chi connectivity index (χ3v) is 0. The van der Waals surface area contributed by atoms with Gasteiger partial charge in [-0.3, -0.25) is 0 Å². The second-order valence-corrected chi connectivity index (χ2v) is 10.6. The average molecular weight is 1520 g/mol. The van der Waals surface area contributed by atoms with Crippen molar-refractivity contribution < 1.29 is 254 Å². The molecule has 194 valence electrons. The van der Waals surface area contributed by atoms with Gasteiger partial charge in [0.25, 0.3) is 0 Å². The molecule has 0 aliphatic heterocycles. The van der Waals surface area contributed by atoms with Crippen LogP contribution in [0.1, 0.15) is 0 Å². The third kappa shape index (κ3) is 2730. The molecule has 0 aromatic carbocycles. The molecular formula is BiNb8O24Ta. The van der Waals surface area contributed by atoms with E-state index in [1.165, 1.54) is 0 Å². The molecule has 2 radical (unpaired) electrons. The van der Waals surface area contributed by atoms with Crippen LogP contribution in [0.5, 0.6) is 0 Å². The molecule has 0 atom stereocenters. The van der Waals surface area contributed by atoms with E-state index in [1.54, 1.807) is 0 Å². The van der Waals surface area contributed by atoms with Crippen LogP contribution in [0.2, 0.25) is 0 Å². The molecule has 0 rings (SSSR count). The zero-order valence-corrected chi connectivity index (χ0v) is 38.5. The maximum absolute atomic E-state index is 8.60. The number of hydrogen-bond donors (Lipinski definition) is 0. The van der Waals surface area contributed by atoms with E-state index in [-0.39, 0.29) is 48.6 Å². The fourth-order valence-corrected chi connectivity index (χ4v) is 0. The van der Waals surface area contributed by atoms with Crippen molar-refractivity contribution in [2.24, 2.45) is 0 Å². The molecule has 0 amide bonds. The number of hydrogen-bond acceptors (Lipinski definition) is 24. The van der Waals surface area contributed by atoms with Gasteiger partial charge in [0, 0.05) is 0 Å². The summed E-state index contributed by atoms with van der Waals surface area (Å²) in [6, 6.07) is 0. The molecule has 0 fully saturated rings. The standard InChI is InChI=1S/Bi.8Nb.24O.Ta/q+3;;;;;;;;;;;;;;;;;;;;;;;;;8*-1;+5. The molecule has 0 bridgehead atoms. The van der Waals surface area contributed by atoms with E-state index in [4.69, 9.17) is 80.9 Å². The van der Waals surface area contributed by atoms with Crippen LogP contribution in [0.3, 0.4) is 0 Å². The summed E-state index contributed by atoms with van der Waals surface area (Å²) in [5, 5.41) is 0. The maximum atomic E-state index is 8.60. The second-order valence-electron chi connectivity index (χ2n) is 1.79. The molecule has 0 aromatic heterocycles. The van der Waals surface area contributed by atoms with Crippen LogP contribution in [0.4, 0.5) is 0 Å². The molecule has 0 aliphatic carbocycles. The van der Waals surface area contributed by atoms with Crippen LogP contribution in [0.25, 0.3) is 0 Å². The van der Waals surface area contributed by atoms with Gasteiger partial charge in [0.1, 0.15) is 0 Å². The third-order valence-electron chi connectivity index (χ3n) is 0. The van der Waals surface area contributed by atoms with Gasteiger partial charge < -0.3 is 0 Å². The van der Waals surface area contributed by atoms with Crippen LogP contribution >= 0.6 is 0 Å². The minimum absolute atomic E-state index is 0. The van der Waals surface area contributed by atoms with E-state index in [0.29, 0.717) is 0 Å². The normalized spacial score (nSPS) is 5.88. The van der Waals surface area contributed by atoms with Gasteiger partial charge >= 0.3 is 280 Å². The Hall–Kier alpha value is 4.03. The van der Waals surface area contributed by atoms with Gasteiger partial charge in [-0.05, 0) is 0 Å². The van der Waals surface area contributed by atoms with Gasteiger partial charge in [0.15, 0.2) is 0 Å². The van der Waals surface area contributed by atoms with Crippen molar-refractivity contribution in [1.82, 2.24) is 0 Å². The Labute approximate surface area is 274 Å². The maximum Gasteiger partial charge on any atom is 5.00 e. The Balaban J connectivity index is -0.0000000240. The predicted octanol–water partition coefficient (Wildman–Crippen LogP) is -11.8. The summed E-state index contributed by atoms with van der Waals surface area (Å²) in [7, 11) is 0. The van der Waals surface area contributed by atoms with Crippen molar-refractivity contribution in [1.29, 1.82) is 0 Å². The van der Waals surface area contributed by atoms with Gasteiger partial charge in [-0.1, -0.05) is 0 Å². The largest absolute Gasteiger partial charge is 5.00 e. The molecule has 0 heterocycles. The summed E-state index contributed by atoms with van der Waals surface area (Å²) in [6.45, 7) is 0. The summed E-state index contributed by atoms with van der Waals surface area (Å²) in [6.07, 6.45) is 0. The quantitative estimate of drug-likeness (QED) is 0.203. The monoisotopic (exact) mass is 1520 g/mol. The fourth-order valence-electron chi connectivity index (χ4n) is 0. The fraction of sp³-hybridized carbons (Fsp3) is 0. The smallest absolute Gasteiger partial charge is 5.00 e. The first kappa shape index (κ1) is 66.4. The number of rotatable bonds is 0. The molecule has 0 aromatic rings. The van der Waals surface area contributed by atoms with E-state index in [2.05, 4.69) is 0 Å². The van der Waals surface area contributed by atoms with Gasteiger partial charge in [-0.25, -0.2) is 0 Å². The second kappa shape index (κ2) is 61.2. The van der Waals surface area contributed by atoms with Crippen LogP contribution in [0.15, 0.2) is 0 Å². The van der Waals surface area contributed by atoms with Crippen LogP contribution in [-0.4, -0.2) is 26.2 Å². The van der Waals surface area contributed by atoms with Crippen molar-refractivity contribution in [2.45, 2.75) is 0 Å². The molecule has 34 heteroatoms. The Bertz CT molecular complexity index is 666. The van der Waals surface area contributed by atoms with Crippen LogP contribution in [-0.2, 0) is 225 Å². The summed E-state index contributed by atoms with van der Waals surface area (Å²) >= 11 is -33.6. The zero-order valence-electron chi connectivity index (χ0n) is 14.3. The van der Waals surface area contributed by atoms with Gasteiger partial charge in [-0.15, -0.1) is 0 Å². The molecule has 0 unspecified atom stereocenters. The molecule has 0 aliphatic rings. The topological polar surface area (TPSA) is 458 Å². The Morgan fingerprint density at radius 1 is 0.235 bits per heavy atom. The van der Waals surface area contributed by atoms with Gasteiger partial charge in [0.2, 0.25) is 0 Å². The predicted molar refractivity (Wildman–Crippen MR) is 16.7 cm³/mol. The summed E-state index contributed by atoms with van der Waals surface area (Å²) in [5.74, 6) is 0. The van der Waals surface area contributed by atoms with E-state index in [0.717, 1.165) is 0 Å². The first-order valence-electron chi connectivity index (χ1n) is 4.38. The molecule has 0 spiro atoms. The minimum atomic E-state index is -4.20. The molecular weight excluding hydrogens is 1520 g/mol. The zero-order chi connectivity index (χ0) is 28.6. The Morgan fingerprint density at radius 2 is 0.235 bits per heavy atom. The van der Waals surface area contributed by atoms with Gasteiger partial charge in [-0.2, -0.15) is 0 Å². The molecule has 0 saturated carbocycles. The molecule has 0 N–H and O–H groups in total. The van der Waals surface area contributed by atoms with Crippen molar-refractivity contribution >= 4 is 26.2 Å². The van der Waals surface area contributed by atoms with Crippen LogP contribution in [0, 0.1) is 0 Å². The summed E-state index contributed by atoms with van der Waals surface area (Å²) < 4.78 is 206. The Morgan fingerprint density at radius 3 is 0.235 bits per heavy atom. The average Bonchev–Trinajstić information content (AvgIpc) is 2.30. The van der Waals surface area contributed by atoms with Crippen molar-refractivity contribution in [2.75, 3.05) is 0 Å². The Kier molecular flexibility index (Phi) is 119. The molecule has 0 saturated heterocycles. The SMILES string of the molecule is [Bi+3].[O]=[Nb](=[O])[O-].[O]=[Nb](=[O])[O-].[O]=[Nb](=[O])[O-].[O]=[Nb](=[O])[O-].[O]=[Nb](=[O])[O-].[O]=[Nb](=[O])[O-].[O]=[Nb](=[O])[O-].[O]=[Nb](=[O])[O-].[Ta+5]. The van der Waals surface area contributed by atoms with Crippen molar-refractivity contribution in [3.63, 3.8) is 0 Å². The first-order chi connectivity index (χ1) is 13.9. The van der Waals surface area contributed by atoms with E-state index in [9.17, 15) is 0 Å². The summed E-state index contributed by atoms with van der Waals surface area (Å²) in [4.78, 5) is 0. The van der Waals surface area contributed by atoms with E-state index >= 15 is 0 Å². The van der Waals surface area contributed by atoms with Gasteiger partial charge in [0.05, 0.1) is 0 Å². The van der Waals surface area contributed by atoms with E-state index < -0.39 is 150 Å².